The second-order valence-electron chi connectivity index (χ2n) is 9.08. The minimum absolute atomic E-state index is 0.247. The van der Waals surface area contributed by atoms with Gasteiger partial charge in [0.05, 0.1) is 11.0 Å². The number of unbranched alkanes of at least 4 members (excludes halogenated alkanes) is 5. The van der Waals surface area contributed by atoms with Crippen molar-refractivity contribution in [1.29, 1.82) is 0 Å². The lowest BCUT2D eigenvalue weighted by Crippen LogP contribution is -2.05. The van der Waals surface area contributed by atoms with Crippen LogP contribution in [0.4, 0.5) is 0 Å². The van der Waals surface area contributed by atoms with E-state index in [0.717, 1.165) is 24.5 Å². The molecule has 1 aliphatic rings. The lowest BCUT2D eigenvalue weighted by Gasteiger charge is -2.21. The molecule has 1 unspecified atom stereocenters. The third-order valence-electron chi connectivity index (χ3n) is 6.40. The Morgan fingerprint density at radius 1 is 0.968 bits per heavy atom. The van der Waals surface area contributed by atoms with Crippen LogP contribution < -0.4 is 0 Å². The molecule has 1 fully saturated rings. The summed E-state index contributed by atoms with van der Waals surface area (Å²) in [6.07, 6.45) is 19.7. The molecule has 1 atom stereocenters. The Hall–Kier alpha value is -0.610. The number of aliphatic carboxylic acids is 1. The van der Waals surface area contributed by atoms with Crippen molar-refractivity contribution in [2.75, 3.05) is 11.5 Å². The van der Waals surface area contributed by atoms with Crippen molar-refractivity contribution >= 4 is 29.5 Å². The number of carbonyl (C=O) groups is 1. The van der Waals surface area contributed by atoms with Crippen LogP contribution in [0.2, 0.25) is 0 Å². The Balaban J connectivity index is 1.68. The predicted octanol–water partition coefficient (Wildman–Crippen LogP) is 8.89. The first kappa shape index (κ1) is 26.6. The third kappa shape index (κ3) is 11.7. The number of aryl methyl sites for hydroxylation is 1. The van der Waals surface area contributed by atoms with Crippen LogP contribution in [-0.4, -0.2) is 22.6 Å². The Bertz CT molecular complexity index is 599. The molecular formula is C27H44O2S2. The monoisotopic (exact) mass is 464 g/mol. The average molecular weight is 465 g/mol. The third-order valence-corrected chi connectivity index (χ3v) is 9.41. The van der Waals surface area contributed by atoms with Gasteiger partial charge in [-0.15, -0.1) is 23.5 Å². The zero-order valence-electron chi connectivity index (χ0n) is 19.7. The Morgan fingerprint density at radius 2 is 1.65 bits per heavy atom. The Labute approximate surface area is 199 Å². The van der Waals surface area contributed by atoms with Crippen LogP contribution in [0.5, 0.6) is 0 Å². The number of benzene rings is 1. The molecule has 2 nitrogen and oxygen atoms in total. The van der Waals surface area contributed by atoms with Crippen molar-refractivity contribution in [2.45, 2.75) is 108 Å². The molecular weight excluding hydrogens is 420 g/mol. The van der Waals surface area contributed by atoms with Gasteiger partial charge in [0.15, 0.2) is 0 Å². The average Bonchev–Trinajstić information content (AvgIpc) is 2.79. The van der Waals surface area contributed by atoms with Crippen LogP contribution >= 0.6 is 23.5 Å². The van der Waals surface area contributed by atoms with Crippen LogP contribution in [-0.2, 0) is 11.2 Å². The summed E-state index contributed by atoms with van der Waals surface area (Å²) in [6.45, 7) is 2.22. The molecule has 1 aliphatic carbocycles. The highest BCUT2D eigenvalue weighted by Gasteiger charge is 2.16. The van der Waals surface area contributed by atoms with E-state index in [-0.39, 0.29) is 6.42 Å². The first-order valence-electron chi connectivity index (χ1n) is 12.7. The van der Waals surface area contributed by atoms with Gasteiger partial charge >= 0.3 is 5.97 Å². The zero-order valence-corrected chi connectivity index (χ0v) is 21.3. The van der Waals surface area contributed by atoms with E-state index >= 15 is 0 Å². The second-order valence-corrected chi connectivity index (χ2v) is 11.8. The molecule has 0 bridgehead atoms. The van der Waals surface area contributed by atoms with Crippen molar-refractivity contribution in [3.05, 3.63) is 35.4 Å². The minimum atomic E-state index is -0.696. The first-order valence-corrected chi connectivity index (χ1v) is 14.8. The molecule has 1 N–H and O–H groups in total. The summed E-state index contributed by atoms with van der Waals surface area (Å²) in [4.78, 5) is 10.9. The number of hydrogen-bond acceptors (Lipinski definition) is 3. The van der Waals surface area contributed by atoms with Crippen molar-refractivity contribution in [1.82, 2.24) is 0 Å². The molecule has 0 aromatic heterocycles. The Kier molecular flexibility index (Phi) is 14.6. The summed E-state index contributed by atoms with van der Waals surface area (Å²) in [7, 11) is 0. The summed E-state index contributed by atoms with van der Waals surface area (Å²) in [5, 5.41) is 8.99. The van der Waals surface area contributed by atoms with Gasteiger partial charge in [0.25, 0.3) is 0 Å². The van der Waals surface area contributed by atoms with Gasteiger partial charge in [0.1, 0.15) is 0 Å². The van der Waals surface area contributed by atoms with Crippen LogP contribution in [0, 0.1) is 5.92 Å². The highest BCUT2D eigenvalue weighted by molar-refractivity contribution is 8.16. The molecule has 4 heteroatoms. The molecule has 176 valence electrons. The van der Waals surface area contributed by atoms with E-state index in [1.165, 1.54) is 88.2 Å². The lowest BCUT2D eigenvalue weighted by atomic mass is 9.85. The van der Waals surface area contributed by atoms with Crippen molar-refractivity contribution in [3.63, 3.8) is 0 Å². The number of thioether (sulfide) groups is 2. The van der Waals surface area contributed by atoms with Gasteiger partial charge in [-0.1, -0.05) is 102 Å². The summed E-state index contributed by atoms with van der Waals surface area (Å²) in [5.74, 6) is 2.15. The van der Waals surface area contributed by atoms with E-state index < -0.39 is 5.97 Å². The molecule has 0 saturated heterocycles. The molecule has 1 aromatic rings. The number of carboxylic acid groups (broad SMARTS) is 1. The molecule has 2 rings (SSSR count). The van der Waals surface area contributed by atoms with E-state index in [4.69, 9.17) is 5.11 Å². The van der Waals surface area contributed by atoms with Crippen molar-refractivity contribution in [3.8, 4) is 0 Å². The van der Waals surface area contributed by atoms with Gasteiger partial charge in [-0.25, -0.2) is 0 Å². The number of hydrogen-bond donors (Lipinski definition) is 1. The topological polar surface area (TPSA) is 37.3 Å². The smallest absolute Gasteiger partial charge is 0.304 e. The number of rotatable bonds is 17. The first-order chi connectivity index (χ1) is 15.2. The van der Waals surface area contributed by atoms with Crippen molar-refractivity contribution in [2.24, 2.45) is 5.92 Å². The van der Waals surface area contributed by atoms with Crippen molar-refractivity contribution < 1.29 is 9.90 Å². The normalized spacial score (nSPS) is 15.8. The molecule has 0 radical (unpaired) electrons. The van der Waals surface area contributed by atoms with E-state index in [1.807, 2.05) is 11.8 Å². The standard InChI is InChI=1S/C27H44O2S2/c1-2-21-30-27(31-22-20-26(28)29)25-19-13-12-18-24(25)17-11-6-4-3-5-8-14-23-15-9-7-10-16-23/h12-13,18-19,23,27H,2-11,14-17,20-22H2,1H3,(H,28,29). The summed E-state index contributed by atoms with van der Waals surface area (Å²) < 4.78 is 0.357. The van der Waals surface area contributed by atoms with E-state index in [2.05, 4.69) is 31.2 Å². The van der Waals surface area contributed by atoms with Gasteiger partial charge in [0, 0.05) is 5.75 Å². The Morgan fingerprint density at radius 3 is 2.39 bits per heavy atom. The van der Waals surface area contributed by atoms with Crippen LogP contribution in [0.3, 0.4) is 0 Å². The maximum absolute atomic E-state index is 10.9. The zero-order chi connectivity index (χ0) is 22.2. The molecule has 1 saturated carbocycles. The molecule has 31 heavy (non-hydrogen) atoms. The lowest BCUT2D eigenvalue weighted by molar-refractivity contribution is -0.136. The summed E-state index contributed by atoms with van der Waals surface area (Å²) in [6, 6.07) is 8.86. The van der Waals surface area contributed by atoms with Crippen LogP contribution in [0.1, 0.15) is 113 Å². The molecule has 0 aliphatic heterocycles. The summed E-state index contributed by atoms with van der Waals surface area (Å²) >= 11 is 3.78. The van der Waals surface area contributed by atoms with Gasteiger partial charge < -0.3 is 5.11 Å². The van der Waals surface area contributed by atoms with Gasteiger partial charge in [-0.3, -0.25) is 4.79 Å². The van der Waals surface area contributed by atoms with Crippen LogP contribution in [0.15, 0.2) is 24.3 Å². The molecule has 0 spiro atoms. The minimum Gasteiger partial charge on any atom is -0.481 e. The number of carboxylic acids is 1. The maximum atomic E-state index is 10.9. The second kappa shape index (κ2) is 16.9. The predicted molar refractivity (Wildman–Crippen MR) is 139 cm³/mol. The maximum Gasteiger partial charge on any atom is 0.304 e. The van der Waals surface area contributed by atoms with Gasteiger partial charge in [0.2, 0.25) is 0 Å². The SMILES string of the molecule is CCCSC(SCCC(=O)O)c1ccccc1CCCCCCCCC1CCCCC1. The fourth-order valence-electron chi connectivity index (χ4n) is 4.63. The fourth-order valence-corrected chi connectivity index (χ4v) is 7.37. The molecule has 0 amide bonds. The van der Waals surface area contributed by atoms with E-state index in [1.54, 1.807) is 11.8 Å². The van der Waals surface area contributed by atoms with Gasteiger partial charge in [-0.2, -0.15) is 0 Å². The molecule has 0 heterocycles. The van der Waals surface area contributed by atoms with Crippen LogP contribution in [0.25, 0.3) is 0 Å². The molecule has 1 aromatic carbocycles. The quantitative estimate of drug-likeness (QED) is 0.184. The fraction of sp³-hybridized carbons (Fsp3) is 0.741. The summed E-state index contributed by atoms with van der Waals surface area (Å²) in [5.41, 5.74) is 2.89. The van der Waals surface area contributed by atoms with Gasteiger partial charge in [-0.05, 0) is 42.1 Å². The highest BCUT2D eigenvalue weighted by Crippen LogP contribution is 2.41. The largest absolute Gasteiger partial charge is 0.481 e. The van der Waals surface area contributed by atoms with E-state index in [0.29, 0.717) is 10.3 Å². The van der Waals surface area contributed by atoms with E-state index in [9.17, 15) is 4.79 Å². The highest BCUT2D eigenvalue weighted by atomic mass is 32.2.